The molecule has 5 heteroatoms. The molecule has 3 aromatic rings. The van der Waals surface area contributed by atoms with E-state index in [-0.39, 0.29) is 6.03 Å². The zero-order valence-corrected chi connectivity index (χ0v) is 14.2. The highest BCUT2D eigenvalue weighted by Gasteiger charge is 2.08. The van der Waals surface area contributed by atoms with Crippen LogP contribution < -0.4 is 20.1 Å². The van der Waals surface area contributed by atoms with E-state index in [1.54, 1.807) is 12.1 Å². The minimum Gasteiger partial charge on any atom is -0.492 e. The van der Waals surface area contributed by atoms with Crippen molar-refractivity contribution in [3.8, 4) is 17.2 Å². The zero-order valence-electron chi connectivity index (χ0n) is 14.2. The van der Waals surface area contributed by atoms with E-state index >= 15 is 0 Å². The third-order valence-corrected chi connectivity index (χ3v) is 3.51. The van der Waals surface area contributed by atoms with Gasteiger partial charge in [0.25, 0.3) is 0 Å². The van der Waals surface area contributed by atoms with Crippen LogP contribution in [-0.2, 0) is 0 Å². The Morgan fingerprint density at radius 3 is 2.12 bits per heavy atom. The largest absolute Gasteiger partial charge is 0.492 e. The smallest absolute Gasteiger partial charge is 0.319 e. The zero-order chi connectivity index (χ0) is 18.0. The van der Waals surface area contributed by atoms with Crippen molar-refractivity contribution in [3.05, 3.63) is 84.9 Å². The summed E-state index contributed by atoms with van der Waals surface area (Å²) in [5, 5.41) is 5.56. The first-order chi connectivity index (χ1) is 12.8. The molecule has 26 heavy (non-hydrogen) atoms. The summed E-state index contributed by atoms with van der Waals surface area (Å²) >= 11 is 0. The minimum atomic E-state index is -0.314. The number of carbonyl (C=O) groups excluding carboxylic acids is 1. The summed E-state index contributed by atoms with van der Waals surface area (Å²) in [5.41, 5.74) is 0.595. The fourth-order valence-electron chi connectivity index (χ4n) is 2.29. The van der Waals surface area contributed by atoms with Crippen LogP contribution in [0, 0.1) is 0 Å². The fraction of sp³-hybridized carbons (Fsp3) is 0.0952. The van der Waals surface area contributed by atoms with Gasteiger partial charge in [0.2, 0.25) is 0 Å². The number of carbonyl (C=O) groups is 1. The normalized spacial score (nSPS) is 10.0. The number of ether oxygens (including phenoxy) is 2. The summed E-state index contributed by atoms with van der Waals surface area (Å²) in [7, 11) is 0. The summed E-state index contributed by atoms with van der Waals surface area (Å²) in [6.07, 6.45) is 0. The van der Waals surface area contributed by atoms with Crippen LogP contribution in [0.4, 0.5) is 10.5 Å². The predicted molar refractivity (Wildman–Crippen MR) is 102 cm³/mol. The van der Waals surface area contributed by atoms with Gasteiger partial charge in [-0.25, -0.2) is 4.79 Å². The summed E-state index contributed by atoms with van der Waals surface area (Å²) < 4.78 is 11.4. The van der Waals surface area contributed by atoms with E-state index in [0.29, 0.717) is 30.3 Å². The second kappa shape index (κ2) is 9.13. The molecule has 5 nitrogen and oxygen atoms in total. The van der Waals surface area contributed by atoms with Crippen molar-refractivity contribution in [1.29, 1.82) is 0 Å². The van der Waals surface area contributed by atoms with Crippen LogP contribution in [0.25, 0.3) is 0 Å². The lowest BCUT2D eigenvalue weighted by Crippen LogP contribution is -2.32. The Labute approximate surface area is 152 Å². The maximum Gasteiger partial charge on any atom is 0.319 e. The molecule has 0 saturated heterocycles. The van der Waals surface area contributed by atoms with Crippen LogP contribution in [0.3, 0.4) is 0 Å². The lowest BCUT2D eigenvalue weighted by Gasteiger charge is -2.13. The van der Waals surface area contributed by atoms with E-state index in [2.05, 4.69) is 10.6 Å². The van der Waals surface area contributed by atoms with Gasteiger partial charge in [0.05, 0.1) is 12.2 Å². The van der Waals surface area contributed by atoms with E-state index in [1.807, 2.05) is 72.8 Å². The predicted octanol–water partition coefficient (Wildman–Crippen LogP) is 4.68. The second-order valence-electron chi connectivity index (χ2n) is 5.45. The molecule has 0 radical (unpaired) electrons. The molecule has 2 N–H and O–H groups in total. The van der Waals surface area contributed by atoms with Gasteiger partial charge in [0, 0.05) is 0 Å². The van der Waals surface area contributed by atoms with Crippen LogP contribution in [0.1, 0.15) is 0 Å². The lowest BCUT2D eigenvalue weighted by molar-refractivity contribution is 0.247. The maximum atomic E-state index is 12.1. The van der Waals surface area contributed by atoms with Crippen LogP contribution >= 0.6 is 0 Å². The number of rotatable bonds is 7. The first-order valence-corrected chi connectivity index (χ1v) is 8.36. The molecular weight excluding hydrogens is 328 g/mol. The number of nitrogens with one attached hydrogen (secondary N) is 2. The number of para-hydroxylation sites is 4. The van der Waals surface area contributed by atoms with Crippen molar-refractivity contribution in [2.45, 2.75) is 0 Å². The molecule has 0 saturated carbocycles. The molecule has 0 heterocycles. The Balaban J connectivity index is 1.49. The average Bonchev–Trinajstić information content (AvgIpc) is 2.68. The van der Waals surface area contributed by atoms with Gasteiger partial charge >= 0.3 is 6.03 Å². The summed E-state index contributed by atoms with van der Waals surface area (Å²) in [6, 6.07) is 25.9. The average molecular weight is 348 g/mol. The molecule has 0 bridgehead atoms. The van der Waals surface area contributed by atoms with Crippen molar-refractivity contribution in [1.82, 2.24) is 5.32 Å². The Bertz CT molecular complexity index is 823. The Morgan fingerprint density at radius 1 is 0.769 bits per heavy atom. The molecule has 0 aliphatic heterocycles. The molecule has 0 unspecified atom stereocenters. The van der Waals surface area contributed by atoms with Gasteiger partial charge in [0.15, 0.2) is 5.75 Å². The fourth-order valence-corrected chi connectivity index (χ4v) is 2.29. The number of hydrogen-bond acceptors (Lipinski definition) is 3. The van der Waals surface area contributed by atoms with Gasteiger partial charge in [-0.3, -0.25) is 0 Å². The topological polar surface area (TPSA) is 59.6 Å². The first-order valence-electron chi connectivity index (χ1n) is 8.36. The quantitative estimate of drug-likeness (QED) is 0.610. The van der Waals surface area contributed by atoms with Crippen LogP contribution in [0.5, 0.6) is 17.2 Å². The van der Waals surface area contributed by atoms with Gasteiger partial charge in [0.1, 0.15) is 18.1 Å². The monoisotopic (exact) mass is 348 g/mol. The van der Waals surface area contributed by atoms with Crippen LogP contribution in [0.15, 0.2) is 84.9 Å². The molecule has 2 amide bonds. The first kappa shape index (κ1) is 17.4. The van der Waals surface area contributed by atoms with E-state index in [1.165, 1.54) is 0 Å². The van der Waals surface area contributed by atoms with Crippen LogP contribution in [0.2, 0.25) is 0 Å². The summed E-state index contributed by atoms with van der Waals surface area (Å²) in [5.74, 6) is 2.06. The molecule has 0 aliphatic carbocycles. The Morgan fingerprint density at radius 2 is 1.38 bits per heavy atom. The maximum absolute atomic E-state index is 12.1. The third kappa shape index (κ3) is 5.27. The van der Waals surface area contributed by atoms with Gasteiger partial charge < -0.3 is 20.1 Å². The highest BCUT2D eigenvalue weighted by molar-refractivity contribution is 5.90. The van der Waals surface area contributed by atoms with Gasteiger partial charge in [-0.05, 0) is 36.4 Å². The van der Waals surface area contributed by atoms with E-state index < -0.39 is 0 Å². The highest BCUT2D eigenvalue weighted by Crippen LogP contribution is 2.28. The number of urea groups is 1. The molecule has 132 valence electrons. The number of benzene rings is 3. The molecule has 0 aliphatic rings. The minimum absolute atomic E-state index is 0.314. The van der Waals surface area contributed by atoms with E-state index in [4.69, 9.17) is 9.47 Å². The third-order valence-electron chi connectivity index (χ3n) is 3.51. The molecule has 0 aromatic heterocycles. The van der Waals surface area contributed by atoms with E-state index in [9.17, 15) is 4.79 Å². The number of amides is 2. The SMILES string of the molecule is O=C(NCCOc1ccccc1)Nc1ccccc1Oc1ccccc1. The van der Waals surface area contributed by atoms with Crippen molar-refractivity contribution in [2.75, 3.05) is 18.5 Å². The van der Waals surface area contributed by atoms with Crippen molar-refractivity contribution >= 4 is 11.7 Å². The Kier molecular flexibility index (Phi) is 6.09. The number of hydrogen-bond donors (Lipinski definition) is 2. The summed E-state index contributed by atoms with van der Waals surface area (Å²) in [6.45, 7) is 0.780. The van der Waals surface area contributed by atoms with E-state index in [0.717, 1.165) is 5.75 Å². The van der Waals surface area contributed by atoms with Gasteiger partial charge in [-0.2, -0.15) is 0 Å². The molecule has 0 spiro atoms. The Hall–Kier alpha value is -3.47. The van der Waals surface area contributed by atoms with Crippen molar-refractivity contribution in [3.63, 3.8) is 0 Å². The second-order valence-corrected chi connectivity index (χ2v) is 5.45. The van der Waals surface area contributed by atoms with Gasteiger partial charge in [-0.1, -0.05) is 48.5 Å². The standard InChI is InChI=1S/C21H20N2O3/c24-21(22-15-16-25-17-9-3-1-4-10-17)23-19-13-7-8-14-20(19)26-18-11-5-2-6-12-18/h1-14H,15-16H2,(H2,22,23,24). The summed E-state index contributed by atoms with van der Waals surface area (Å²) in [4.78, 5) is 12.1. The lowest BCUT2D eigenvalue weighted by atomic mass is 10.3. The van der Waals surface area contributed by atoms with Gasteiger partial charge in [-0.15, -0.1) is 0 Å². The number of anilines is 1. The van der Waals surface area contributed by atoms with Crippen molar-refractivity contribution in [2.24, 2.45) is 0 Å². The molecule has 3 rings (SSSR count). The highest BCUT2D eigenvalue weighted by atomic mass is 16.5. The molecule has 0 atom stereocenters. The van der Waals surface area contributed by atoms with Crippen molar-refractivity contribution < 1.29 is 14.3 Å². The van der Waals surface area contributed by atoms with Crippen LogP contribution in [-0.4, -0.2) is 19.2 Å². The molecule has 3 aromatic carbocycles. The molecule has 0 fully saturated rings. The molecular formula is C21H20N2O3.